The third kappa shape index (κ3) is 5.05. The molecule has 1 fully saturated rings. The average molecular weight is 304 g/mol. The van der Waals surface area contributed by atoms with Crippen molar-refractivity contribution in [2.24, 2.45) is 0 Å². The van der Waals surface area contributed by atoms with E-state index in [0.29, 0.717) is 18.8 Å². The molecule has 0 aliphatic heterocycles. The van der Waals surface area contributed by atoms with Gasteiger partial charge in [-0.1, -0.05) is 26.7 Å². The van der Waals surface area contributed by atoms with Gasteiger partial charge in [0.2, 0.25) is 0 Å². The van der Waals surface area contributed by atoms with Crippen molar-refractivity contribution in [1.29, 1.82) is 0 Å². The van der Waals surface area contributed by atoms with E-state index >= 15 is 0 Å². The zero-order valence-electron chi connectivity index (χ0n) is 12.6. The highest BCUT2D eigenvalue weighted by Crippen LogP contribution is 2.23. The number of carbonyl (C=O) groups excluding carboxylic acids is 1. The van der Waals surface area contributed by atoms with E-state index < -0.39 is 10.8 Å². The largest absolute Gasteiger partial charge is 0.395 e. The van der Waals surface area contributed by atoms with Gasteiger partial charge in [0.1, 0.15) is 0 Å². The predicted octanol–water partition coefficient (Wildman–Crippen LogP) is 1.48. The minimum absolute atomic E-state index is 0.00934. The predicted molar refractivity (Wildman–Crippen MR) is 82.2 cm³/mol. The van der Waals surface area contributed by atoms with Gasteiger partial charge in [-0.15, -0.1) is 0 Å². The Morgan fingerprint density at radius 1 is 1.30 bits per heavy atom. The summed E-state index contributed by atoms with van der Waals surface area (Å²) in [5.41, 5.74) is 0. The Balaban J connectivity index is 2.62. The molecule has 0 aromatic carbocycles. The first-order valence-electron chi connectivity index (χ1n) is 7.67. The van der Waals surface area contributed by atoms with E-state index in [0.717, 1.165) is 32.1 Å². The standard InChI is InChI=1S/C14H28N2O3S/c1-3-9-16(10-11-17)14(18)15-12-7-5-6-8-13(12)20(19)4-2/h12-13,17H,3-11H2,1-2H3,(H,15,18). The number of hydrogen-bond acceptors (Lipinski definition) is 3. The fourth-order valence-corrected chi connectivity index (χ4v) is 4.17. The maximum absolute atomic E-state index is 12.3. The lowest BCUT2D eigenvalue weighted by atomic mass is 9.95. The van der Waals surface area contributed by atoms with Gasteiger partial charge in [-0.2, -0.15) is 0 Å². The molecule has 1 saturated carbocycles. The smallest absolute Gasteiger partial charge is 0.317 e. The fourth-order valence-electron chi connectivity index (χ4n) is 2.75. The molecule has 0 spiro atoms. The second-order valence-corrected chi connectivity index (χ2v) is 7.20. The molecule has 0 bridgehead atoms. The second kappa shape index (κ2) is 9.34. The average Bonchev–Trinajstić information content (AvgIpc) is 2.46. The minimum Gasteiger partial charge on any atom is -0.395 e. The molecule has 0 heterocycles. The first-order chi connectivity index (χ1) is 9.63. The van der Waals surface area contributed by atoms with E-state index in [9.17, 15) is 9.00 Å². The van der Waals surface area contributed by atoms with Crippen LogP contribution in [-0.2, 0) is 10.8 Å². The molecule has 1 aliphatic rings. The first-order valence-corrected chi connectivity index (χ1v) is 9.05. The van der Waals surface area contributed by atoms with Crippen molar-refractivity contribution < 1.29 is 14.1 Å². The van der Waals surface area contributed by atoms with Gasteiger partial charge in [0, 0.05) is 35.7 Å². The van der Waals surface area contributed by atoms with Gasteiger partial charge in [0.15, 0.2) is 0 Å². The molecule has 5 nitrogen and oxygen atoms in total. The topological polar surface area (TPSA) is 69.6 Å². The van der Waals surface area contributed by atoms with Crippen molar-refractivity contribution >= 4 is 16.8 Å². The zero-order valence-corrected chi connectivity index (χ0v) is 13.5. The molecule has 0 saturated heterocycles. The number of nitrogens with one attached hydrogen (secondary N) is 1. The monoisotopic (exact) mass is 304 g/mol. The van der Waals surface area contributed by atoms with Gasteiger partial charge in [-0.3, -0.25) is 4.21 Å². The third-order valence-corrected chi connectivity index (χ3v) is 5.59. The number of rotatable bonds is 7. The number of aliphatic hydroxyl groups excluding tert-OH is 1. The number of urea groups is 1. The summed E-state index contributed by atoms with van der Waals surface area (Å²) < 4.78 is 12.1. The molecule has 0 aromatic rings. The van der Waals surface area contributed by atoms with E-state index in [1.165, 1.54) is 0 Å². The van der Waals surface area contributed by atoms with Crippen LogP contribution >= 0.6 is 0 Å². The lowest BCUT2D eigenvalue weighted by Crippen LogP contribution is -2.52. The van der Waals surface area contributed by atoms with Crippen LogP contribution in [0.15, 0.2) is 0 Å². The van der Waals surface area contributed by atoms with E-state index in [-0.39, 0.29) is 23.9 Å². The van der Waals surface area contributed by atoms with Crippen molar-refractivity contribution in [2.45, 2.75) is 57.2 Å². The van der Waals surface area contributed by atoms with E-state index in [2.05, 4.69) is 5.32 Å². The van der Waals surface area contributed by atoms with Crippen LogP contribution in [0.2, 0.25) is 0 Å². The van der Waals surface area contributed by atoms with Gasteiger partial charge in [-0.05, 0) is 19.3 Å². The van der Waals surface area contributed by atoms with Gasteiger partial charge >= 0.3 is 6.03 Å². The van der Waals surface area contributed by atoms with Crippen LogP contribution in [-0.4, -0.2) is 57.0 Å². The summed E-state index contributed by atoms with van der Waals surface area (Å²) in [6.07, 6.45) is 4.87. The number of hydrogen-bond donors (Lipinski definition) is 2. The van der Waals surface area contributed by atoms with Crippen LogP contribution in [0, 0.1) is 0 Å². The van der Waals surface area contributed by atoms with Crippen LogP contribution in [0.25, 0.3) is 0 Å². The number of amides is 2. The quantitative estimate of drug-likeness (QED) is 0.748. The fraction of sp³-hybridized carbons (Fsp3) is 0.929. The summed E-state index contributed by atoms with van der Waals surface area (Å²) in [5, 5.41) is 12.1. The van der Waals surface area contributed by atoms with Crippen molar-refractivity contribution in [3.8, 4) is 0 Å². The van der Waals surface area contributed by atoms with Crippen LogP contribution in [0.5, 0.6) is 0 Å². The van der Waals surface area contributed by atoms with Crippen molar-refractivity contribution in [3.63, 3.8) is 0 Å². The normalized spacial score (nSPS) is 24.1. The molecule has 1 rings (SSSR count). The highest BCUT2D eigenvalue weighted by molar-refractivity contribution is 7.85. The number of nitrogens with zero attached hydrogens (tertiary/aromatic N) is 1. The molecule has 3 atom stereocenters. The Hall–Kier alpha value is -0.620. The van der Waals surface area contributed by atoms with Gasteiger partial charge < -0.3 is 15.3 Å². The number of aliphatic hydroxyl groups is 1. The maximum Gasteiger partial charge on any atom is 0.317 e. The van der Waals surface area contributed by atoms with E-state index in [4.69, 9.17) is 5.11 Å². The highest BCUT2D eigenvalue weighted by Gasteiger charge is 2.31. The van der Waals surface area contributed by atoms with Gasteiger partial charge in [0.25, 0.3) is 0 Å². The van der Waals surface area contributed by atoms with E-state index in [1.807, 2.05) is 13.8 Å². The summed E-state index contributed by atoms with van der Waals surface area (Å²) in [7, 11) is -0.863. The second-order valence-electron chi connectivity index (χ2n) is 5.26. The van der Waals surface area contributed by atoms with Gasteiger partial charge in [0.05, 0.1) is 11.9 Å². The molecule has 6 heteroatoms. The molecule has 118 valence electrons. The van der Waals surface area contributed by atoms with Crippen LogP contribution in [0.1, 0.15) is 46.0 Å². The summed E-state index contributed by atoms with van der Waals surface area (Å²) in [6, 6.07) is -0.124. The zero-order chi connectivity index (χ0) is 15.0. The molecular weight excluding hydrogens is 276 g/mol. The van der Waals surface area contributed by atoms with Gasteiger partial charge in [-0.25, -0.2) is 4.79 Å². The lowest BCUT2D eigenvalue weighted by molar-refractivity contribution is 0.171. The third-order valence-electron chi connectivity index (χ3n) is 3.78. The molecule has 0 radical (unpaired) electrons. The molecule has 3 unspecified atom stereocenters. The lowest BCUT2D eigenvalue weighted by Gasteiger charge is -2.33. The Labute approximate surface area is 124 Å². The molecule has 2 N–H and O–H groups in total. The van der Waals surface area contributed by atoms with E-state index in [1.54, 1.807) is 4.90 Å². The number of carbonyl (C=O) groups is 1. The van der Waals surface area contributed by atoms with Crippen molar-refractivity contribution in [3.05, 3.63) is 0 Å². The van der Waals surface area contributed by atoms with Crippen molar-refractivity contribution in [1.82, 2.24) is 10.2 Å². The Morgan fingerprint density at radius 2 is 2.00 bits per heavy atom. The van der Waals surface area contributed by atoms with Crippen LogP contribution in [0.3, 0.4) is 0 Å². The summed E-state index contributed by atoms with van der Waals surface area (Å²) in [4.78, 5) is 13.9. The summed E-state index contributed by atoms with van der Waals surface area (Å²) in [5.74, 6) is 0.645. The Morgan fingerprint density at radius 3 is 2.60 bits per heavy atom. The van der Waals surface area contributed by atoms with Crippen molar-refractivity contribution in [2.75, 3.05) is 25.4 Å². The Bertz CT molecular complexity index is 320. The molecule has 2 amide bonds. The molecular formula is C14H28N2O3S. The minimum atomic E-state index is -0.863. The molecule has 20 heavy (non-hydrogen) atoms. The van der Waals surface area contributed by atoms with Crippen LogP contribution < -0.4 is 5.32 Å². The molecule has 0 aromatic heterocycles. The Kier molecular flexibility index (Phi) is 8.14. The first kappa shape index (κ1) is 17.4. The SMILES string of the molecule is CCCN(CCO)C(=O)NC1CCCCC1S(=O)CC. The maximum atomic E-state index is 12.3. The van der Waals surface area contributed by atoms with Crippen LogP contribution in [0.4, 0.5) is 4.79 Å². The summed E-state index contributed by atoms with van der Waals surface area (Å²) >= 11 is 0. The summed E-state index contributed by atoms with van der Waals surface area (Å²) in [6.45, 7) is 4.91. The molecule has 1 aliphatic carbocycles. The highest BCUT2D eigenvalue weighted by atomic mass is 32.2.